The van der Waals surface area contributed by atoms with E-state index in [2.05, 4.69) is 0 Å². The summed E-state index contributed by atoms with van der Waals surface area (Å²) in [6.45, 7) is 1.90. The number of carbonyl (C=O) groups is 2. The van der Waals surface area contributed by atoms with Gasteiger partial charge in [0, 0.05) is 16.4 Å². The van der Waals surface area contributed by atoms with Gasteiger partial charge in [0.1, 0.15) is 18.3 Å². The van der Waals surface area contributed by atoms with Crippen LogP contribution in [0.3, 0.4) is 0 Å². The summed E-state index contributed by atoms with van der Waals surface area (Å²) in [5.41, 5.74) is 3.02. The Labute approximate surface area is 180 Å². The zero-order valence-corrected chi connectivity index (χ0v) is 17.5. The van der Waals surface area contributed by atoms with Gasteiger partial charge in [0.2, 0.25) is 5.91 Å². The first-order valence-electron chi connectivity index (χ1n) is 9.58. The summed E-state index contributed by atoms with van der Waals surface area (Å²) in [5.74, 6) is 0.354. The van der Waals surface area contributed by atoms with Crippen LogP contribution in [-0.4, -0.2) is 25.5 Å². The summed E-state index contributed by atoms with van der Waals surface area (Å²) >= 11 is 6.03. The molecule has 1 fully saturated rings. The van der Waals surface area contributed by atoms with Crippen LogP contribution in [0.2, 0.25) is 5.02 Å². The zero-order chi connectivity index (χ0) is 21.3. The van der Waals surface area contributed by atoms with Crippen molar-refractivity contribution in [3.8, 4) is 5.75 Å². The maximum absolute atomic E-state index is 13.7. The molecule has 1 heterocycles. The molecule has 152 valence electrons. The van der Waals surface area contributed by atoms with Crippen molar-refractivity contribution in [3.05, 3.63) is 88.9 Å². The van der Waals surface area contributed by atoms with Crippen molar-refractivity contribution in [2.24, 2.45) is 0 Å². The second kappa shape index (κ2) is 8.20. The molecule has 0 radical (unpaired) electrons. The highest BCUT2D eigenvalue weighted by Gasteiger charge is 2.42. The summed E-state index contributed by atoms with van der Waals surface area (Å²) < 4.78 is 5.24. The molecule has 1 saturated heterocycles. The highest BCUT2D eigenvalue weighted by Crippen LogP contribution is 2.36. The minimum Gasteiger partial charge on any atom is -0.497 e. The molecule has 1 unspecified atom stereocenters. The molecule has 0 aliphatic carbocycles. The highest BCUT2D eigenvalue weighted by molar-refractivity contribution is 6.30. The number of nitrogens with zero attached hydrogens (tertiary/aromatic N) is 2. The average molecular weight is 421 g/mol. The van der Waals surface area contributed by atoms with Gasteiger partial charge in [-0.05, 0) is 60.5 Å². The number of benzene rings is 3. The Hall–Kier alpha value is -3.31. The molecule has 5 nitrogen and oxygen atoms in total. The van der Waals surface area contributed by atoms with Crippen molar-refractivity contribution in [3.63, 3.8) is 0 Å². The average Bonchev–Trinajstić information content (AvgIpc) is 2.76. The van der Waals surface area contributed by atoms with Crippen molar-refractivity contribution >= 4 is 34.8 Å². The van der Waals surface area contributed by atoms with E-state index in [0.717, 1.165) is 11.3 Å². The van der Waals surface area contributed by atoms with Gasteiger partial charge in [0.25, 0.3) is 5.91 Å². The van der Waals surface area contributed by atoms with Gasteiger partial charge in [-0.15, -0.1) is 0 Å². The van der Waals surface area contributed by atoms with Crippen LogP contribution in [0.4, 0.5) is 11.4 Å². The molecule has 3 aromatic carbocycles. The number of anilines is 2. The molecule has 0 N–H and O–H groups in total. The lowest BCUT2D eigenvalue weighted by atomic mass is 9.98. The third-order valence-corrected chi connectivity index (χ3v) is 5.51. The first-order chi connectivity index (χ1) is 14.5. The maximum atomic E-state index is 13.7. The standard InChI is InChI=1S/C24H21ClN2O3/c1-16-5-3-4-6-21(16)26-15-22(28)27(19-11-9-18(25)10-12-19)23(24(26)29)17-7-13-20(30-2)14-8-17/h3-14,23H,15H2,1-2H3. The van der Waals surface area contributed by atoms with Gasteiger partial charge in [0.15, 0.2) is 0 Å². The molecule has 1 atom stereocenters. The molecular formula is C24H21ClN2O3. The molecule has 0 aromatic heterocycles. The van der Waals surface area contributed by atoms with E-state index in [9.17, 15) is 9.59 Å². The second-order valence-corrected chi connectivity index (χ2v) is 7.56. The molecule has 30 heavy (non-hydrogen) atoms. The number of aryl methyl sites for hydroxylation is 1. The van der Waals surface area contributed by atoms with E-state index in [-0.39, 0.29) is 18.4 Å². The van der Waals surface area contributed by atoms with E-state index < -0.39 is 6.04 Å². The summed E-state index contributed by atoms with van der Waals surface area (Å²) in [7, 11) is 1.59. The van der Waals surface area contributed by atoms with Gasteiger partial charge in [-0.1, -0.05) is 41.9 Å². The van der Waals surface area contributed by atoms with Crippen LogP contribution in [0.5, 0.6) is 5.75 Å². The number of methoxy groups -OCH3 is 1. The van der Waals surface area contributed by atoms with Crippen molar-refractivity contribution in [1.29, 1.82) is 0 Å². The van der Waals surface area contributed by atoms with Crippen LogP contribution in [-0.2, 0) is 9.59 Å². The fraction of sp³-hybridized carbons (Fsp3) is 0.167. The number of rotatable bonds is 4. The lowest BCUT2D eigenvalue weighted by molar-refractivity contribution is -0.128. The lowest BCUT2D eigenvalue weighted by Gasteiger charge is -2.41. The number of halogens is 1. The third-order valence-electron chi connectivity index (χ3n) is 5.26. The van der Waals surface area contributed by atoms with Crippen LogP contribution in [0, 0.1) is 6.92 Å². The van der Waals surface area contributed by atoms with Crippen LogP contribution in [0.25, 0.3) is 0 Å². The van der Waals surface area contributed by atoms with Crippen LogP contribution < -0.4 is 14.5 Å². The molecule has 1 aliphatic heterocycles. The minimum atomic E-state index is -0.794. The Morgan fingerprint density at radius 1 is 0.933 bits per heavy atom. The fourth-order valence-electron chi connectivity index (χ4n) is 3.73. The summed E-state index contributed by atoms with van der Waals surface area (Å²) in [6.07, 6.45) is 0. The number of ether oxygens (including phenoxy) is 1. The van der Waals surface area contributed by atoms with Gasteiger partial charge >= 0.3 is 0 Å². The monoisotopic (exact) mass is 420 g/mol. The summed E-state index contributed by atoms with van der Waals surface area (Å²) in [6, 6.07) is 21.0. The zero-order valence-electron chi connectivity index (χ0n) is 16.7. The molecule has 4 rings (SSSR count). The van der Waals surface area contributed by atoms with Gasteiger partial charge in [-0.3, -0.25) is 14.5 Å². The molecular weight excluding hydrogens is 400 g/mol. The molecule has 2 amide bonds. The molecule has 1 aliphatic rings. The largest absolute Gasteiger partial charge is 0.497 e. The Morgan fingerprint density at radius 2 is 1.60 bits per heavy atom. The highest BCUT2D eigenvalue weighted by atomic mass is 35.5. The van der Waals surface area contributed by atoms with E-state index in [0.29, 0.717) is 22.0 Å². The van der Waals surface area contributed by atoms with Crippen LogP contribution in [0.15, 0.2) is 72.8 Å². The van der Waals surface area contributed by atoms with Gasteiger partial charge in [0.05, 0.1) is 7.11 Å². The number of piperazine rings is 1. The third kappa shape index (κ3) is 3.64. The SMILES string of the molecule is COc1ccc(C2C(=O)N(c3ccccc3C)CC(=O)N2c2ccc(Cl)cc2)cc1. The van der Waals surface area contributed by atoms with Crippen molar-refractivity contribution in [2.75, 3.05) is 23.5 Å². The van der Waals surface area contributed by atoms with E-state index >= 15 is 0 Å². The van der Waals surface area contributed by atoms with E-state index in [1.165, 1.54) is 0 Å². The van der Waals surface area contributed by atoms with E-state index in [1.807, 2.05) is 43.3 Å². The Bertz CT molecular complexity index is 1080. The number of carbonyl (C=O) groups excluding carboxylic acids is 2. The second-order valence-electron chi connectivity index (χ2n) is 7.13. The normalized spacial score (nSPS) is 16.7. The molecule has 0 bridgehead atoms. The van der Waals surface area contributed by atoms with Crippen molar-refractivity contribution < 1.29 is 14.3 Å². The topological polar surface area (TPSA) is 49.9 Å². The fourth-order valence-corrected chi connectivity index (χ4v) is 3.86. The molecule has 6 heteroatoms. The number of amides is 2. The van der Waals surface area contributed by atoms with Crippen molar-refractivity contribution in [2.45, 2.75) is 13.0 Å². The Balaban J connectivity index is 1.82. The predicted molar refractivity (Wildman–Crippen MR) is 118 cm³/mol. The molecule has 3 aromatic rings. The van der Waals surface area contributed by atoms with E-state index in [4.69, 9.17) is 16.3 Å². The van der Waals surface area contributed by atoms with Gasteiger partial charge < -0.3 is 9.64 Å². The molecule has 0 spiro atoms. The number of hydrogen-bond acceptors (Lipinski definition) is 3. The maximum Gasteiger partial charge on any atom is 0.255 e. The lowest BCUT2D eigenvalue weighted by Crippen LogP contribution is -2.56. The van der Waals surface area contributed by atoms with Crippen LogP contribution >= 0.6 is 11.6 Å². The minimum absolute atomic E-state index is 0.0288. The smallest absolute Gasteiger partial charge is 0.255 e. The summed E-state index contributed by atoms with van der Waals surface area (Å²) in [4.78, 5) is 30.1. The summed E-state index contributed by atoms with van der Waals surface area (Å²) in [5, 5.41) is 0.567. The first kappa shape index (κ1) is 20.0. The molecule has 0 saturated carbocycles. The Morgan fingerprint density at radius 3 is 2.23 bits per heavy atom. The van der Waals surface area contributed by atoms with Crippen LogP contribution in [0.1, 0.15) is 17.2 Å². The number of hydrogen-bond donors (Lipinski definition) is 0. The quantitative estimate of drug-likeness (QED) is 0.610. The van der Waals surface area contributed by atoms with Gasteiger partial charge in [-0.25, -0.2) is 0 Å². The number of para-hydroxylation sites is 1. The van der Waals surface area contributed by atoms with E-state index in [1.54, 1.807) is 53.3 Å². The van der Waals surface area contributed by atoms with Crippen molar-refractivity contribution in [1.82, 2.24) is 0 Å². The van der Waals surface area contributed by atoms with Gasteiger partial charge in [-0.2, -0.15) is 0 Å². The first-order valence-corrected chi connectivity index (χ1v) is 9.96. The predicted octanol–water partition coefficient (Wildman–Crippen LogP) is 4.78. The Kier molecular flexibility index (Phi) is 5.46.